The zero-order chi connectivity index (χ0) is 14.1. The molecule has 0 unspecified atom stereocenters. The molecule has 5 heteroatoms. The molecule has 112 valence electrons. The molecule has 0 aliphatic carbocycles. The van der Waals surface area contributed by atoms with Crippen molar-refractivity contribution in [1.29, 1.82) is 0 Å². The third kappa shape index (κ3) is 5.07. The minimum absolute atomic E-state index is 0.178. The van der Waals surface area contributed by atoms with E-state index in [0.717, 1.165) is 12.8 Å². The van der Waals surface area contributed by atoms with Gasteiger partial charge < -0.3 is 9.47 Å². The van der Waals surface area contributed by atoms with Crippen molar-refractivity contribution in [1.82, 2.24) is 0 Å². The van der Waals surface area contributed by atoms with Gasteiger partial charge in [0.25, 0.3) is 5.54 Å². The van der Waals surface area contributed by atoms with Gasteiger partial charge in [-0.05, 0) is 12.8 Å². The van der Waals surface area contributed by atoms with E-state index < -0.39 is 5.54 Å². The molecule has 0 saturated carbocycles. The van der Waals surface area contributed by atoms with Gasteiger partial charge in [0, 0.05) is 11.3 Å². The van der Waals surface area contributed by atoms with Gasteiger partial charge in [-0.25, -0.2) is 0 Å². The van der Waals surface area contributed by atoms with Crippen molar-refractivity contribution < 1.29 is 14.4 Å². The molecule has 0 aromatic carbocycles. The first-order valence-electron chi connectivity index (χ1n) is 7.52. The molecule has 1 fully saturated rings. The van der Waals surface area contributed by atoms with Crippen LogP contribution in [0, 0.1) is 10.1 Å². The first kappa shape index (κ1) is 16.4. The van der Waals surface area contributed by atoms with Crippen molar-refractivity contribution in [2.75, 3.05) is 13.2 Å². The quantitative estimate of drug-likeness (QED) is 0.366. The monoisotopic (exact) mass is 273 g/mol. The molecule has 0 N–H and O–H groups in total. The van der Waals surface area contributed by atoms with Gasteiger partial charge in [-0.2, -0.15) is 0 Å². The van der Waals surface area contributed by atoms with Gasteiger partial charge in [-0.3, -0.25) is 10.1 Å². The standard InChI is InChI=1S/C14H27NO4/c1-3-5-6-7-8-9-10-13-18-11-14(4-2,12-19-13)15(16)17/h13H,3-12H2,1-2H3. The molecule has 0 spiro atoms. The highest BCUT2D eigenvalue weighted by molar-refractivity contribution is 4.80. The van der Waals surface area contributed by atoms with Crippen LogP contribution in [-0.4, -0.2) is 30.0 Å². The molecule has 5 nitrogen and oxygen atoms in total. The first-order valence-corrected chi connectivity index (χ1v) is 7.52. The van der Waals surface area contributed by atoms with Crippen LogP contribution in [0.15, 0.2) is 0 Å². The van der Waals surface area contributed by atoms with E-state index >= 15 is 0 Å². The highest BCUT2D eigenvalue weighted by Crippen LogP contribution is 2.24. The third-order valence-corrected chi connectivity index (χ3v) is 3.91. The topological polar surface area (TPSA) is 61.6 Å². The molecular formula is C14H27NO4. The molecule has 1 rings (SSSR count). The van der Waals surface area contributed by atoms with E-state index in [-0.39, 0.29) is 24.4 Å². The Kier molecular flexibility index (Phi) is 7.31. The maximum atomic E-state index is 11.0. The second kappa shape index (κ2) is 8.48. The van der Waals surface area contributed by atoms with Crippen LogP contribution in [0.5, 0.6) is 0 Å². The van der Waals surface area contributed by atoms with Gasteiger partial charge in [0.15, 0.2) is 6.29 Å². The number of rotatable bonds is 9. The van der Waals surface area contributed by atoms with E-state index in [2.05, 4.69) is 6.92 Å². The molecule has 0 radical (unpaired) electrons. The van der Waals surface area contributed by atoms with E-state index in [4.69, 9.17) is 9.47 Å². The van der Waals surface area contributed by atoms with E-state index in [1.54, 1.807) is 0 Å². The highest BCUT2D eigenvalue weighted by atomic mass is 16.7. The molecular weight excluding hydrogens is 246 g/mol. The molecule has 0 aromatic heterocycles. The van der Waals surface area contributed by atoms with Crippen LogP contribution < -0.4 is 0 Å². The van der Waals surface area contributed by atoms with Crippen LogP contribution in [0.2, 0.25) is 0 Å². The molecule has 0 aromatic rings. The summed E-state index contributed by atoms with van der Waals surface area (Å²) in [6.45, 7) is 4.37. The van der Waals surface area contributed by atoms with Crippen LogP contribution in [-0.2, 0) is 9.47 Å². The fraction of sp³-hybridized carbons (Fsp3) is 1.00. The predicted octanol–water partition coefficient (Wildman–Crippen LogP) is 3.54. The largest absolute Gasteiger partial charge is 0.345 e. The number of unbranched alkanes of at least 4 members (excludes halogenated alkanes) is 5. The van der Waals surface area contributed by atoms with Crippen LogP contribution in [0.1, 0.15) is 65.2 Å². The number of nitrogens with zero attached hydrogens (tertiary/aromatic N) is 1. The van der Waals surface area contributed by atoms with Gasteiger partial charge in [0.05, 0.1) is 0 Å². The SMILES string of the molecule is CCCCCCCCC1OCC(CC)([N+](=O)[O-])CO1. The van der Waals surface area contributed by atoms with E-state index in [1.165, 1.54) is 32.1 Å². The van der Waals surface area contributed by atoms with Crippen LogP contribution in [0.3, 0.4) is 0 Å². The van der Waals surface area contributed by atoms with Crippen molar-refractivity contribution in [3.63, 3.8) is 0 Å². The molecule has 0 atom stereocenters. The lowest BCUT2D eigenvalue weighted by atomic mass is 9.98. The van der Waals surface area contributed by atoms with Crippen LogP contribution in [0.4, 0.5) is 0 Å². The molecule has 0 amide bonds. The Morgan fingerprint density at radius 3 is 2.21 bits per heavy atom. The Morgan fingerprint density at radius 2 is 1.68 bits per heavy atom. The average molecular weight is 273 g/mol. The van der Waals surface area contributed by atoms with Crippen molar-refractivity contribution in [3.8, 4) is 0 Å². The number of nitro groups is 1. The zero-order valence-electron chi connectivity index (χ0n) is 12.2. The van der Waals surface area contributed by atoms with Gasteiger partial charge in [-0.15, -0.1) is 0 Å². The van der Waals surface area contributed by atoms with Crippen LogP contribution in [0.25, 0.3) is 0 Å². The first-order chi connectivity index (χ1) is 9.14. The fourth-order valence-electron chi connectivity index (χ4n) is 2.28. The van der Waals surface area contributed by atoms with Crippen molar-refractivity contribution >= 4 is 0 Å². The lowest BCUT2D eigenvalue weighted by Gasteiger charge is -2.32. The lowest BCUT2D eigenvalue weighted by molar-refractivity contribution is -0.592. The van der Waals surface area contributed by atoms with E-state index in [0.29, 0.717) is 6.42 Å². The fourth-order valence-corrected chi connectivity index (χ4v) is 2.28. The highest BCUT2D eigenvalue weighted by Gasteiger charge is 2.46. The maximum Gasteiger partial charge on any atom is 0.267 e. The summed E-state index contributed by atoms with van der Waals surface area (Å²) in [5.74, 6) is 0. The summed E-state index contributed by atoms with van der Waals surface area (Å²) in [7, 11) is 0. The molecule has 19 heavy (non-hydrogen) atoms. The Balaban J connectivity index is 2.14. The second-order valence-electron chi connectivity index (χ2n) is 5.44. The summed E-state index contributed by atoms with van der Waals surface area (Å²) in [5, 5.41) is 11.0. The van der Waals surface area contributed by atoms with Gasteiger partial charge in [-0.1, -0.05) is 46.0 Å². The number of hydrogen-bond donors (Lipinski definition) is 0. The minimum atomic E-state index is -1.03. The molecule has 1 saturated heterocycles. The third-order valence-electron chi connectivity index (χ3n) is 3.91. The van der Waals surface area contributed by atoms with Crippen molar-refractivity contribution in [2.24, 2.45) is 0 Å². The van der Waals surface area contributed by atoms with Gasteiger partial charge in [0.2, 0.25) is 0 Å². The minimum Gasteiger partial charge on any atom is -0.345 e. The Bertz CT molecular complexity index is 262. The van der Waals surface area contributed by atoms with E-state index in [9.17, 15) is 10.1 Å². The summed E-state index contributed by atoms with van der Waals surface area (Å²) < 4.78 is 11.0. The summed E-state index contributed by atoms with van der Waals surface area (Å²) in [6, 6.07) is 0. The Labute approximate surface area is 115 Å². The Hall–Kier alpha value is -0.680. The molecule has 1 aliphatic rings. The van der Waals surface area contributed by atoms with Gasteiger partial charge in [0.1, 0.15) is 13.2 Å². The van der Waals surface area contributed by atoms with E-state index in [1.807, 2.05) is 6.92 Å². The lowest BCUT2D eigenvalue weighted by Crippen LogP contribution is -2.52. The maximum absolute atomic E-state index is 11.0. The predicted molar refractivity (Wildman–Crippen MR) is 73.7 cm³/mol. The summed E-state index contributed by atoms with van der Waals surface area (Å²) in [5.41, 5.74) is -1.03. The summed E-state index contributed by atoms with van der Waals surface area (Å²) >= 11 is 0. The summed E-state index contributed by atoms with van der Waals surface area (Å²) in [6.07, 6.45) is 8.44. The zero-order valence-corrected chi connectivity index (χ0v) is 12.2. The smallest absolute Gasteiger partial charge is 0.267 e. The molecule has 0 bridgehead atoms. The number of hydrogen-bond acceptors (Lipinski definition) is 4. The van der Waals surface area contributed by atoms with Crippen molar-refractivity contribution in [2.45, 2.75) is 77.0 Å². The van der Waals surface area contributed by atoms with Crippen LogP contribution >= 0.6 is 0 Å². The normalized spacial score (nSPS) is 27.4. The van der Waals surface area contributed by atoms with Gasteiger partial charge >= 0.3 is 0 Å². The molecule has 1 heterocycles. The second-order valence-corrected chi connectivity index (χ2v) is 5.44. The Morgan fingerprint density at radius 1 is 1.11 bits per heavy atom. The summed E-state index contributed by atoms with van der Waals surface area (Å²) in [4.78, 5) is 10.8. The number of ether oxygens (including phenoxy) is 2. The average Bonchev–Trinajstić information content (AvgIpc) is 2.43. The molecule has 1 aliphatic heterocycles. The van der Waals surface area contributed by atoms with Crippen molar-refractivity contribution in [3.05, 3.63) is 10.1 Å².